The summed E-state index contributed by atoms with van der Waals surface area (Å²) in [5.74, 6) is -1.04. The zero-order chi connectivity index (χ0) is 34.1. The molecule has 3 N–H and O–H groups in total. The van der Waals surface area contributed by atoms with Gasteiger partial charge in [0, 0.05) is 22.5 Å². The highest BCUT2D eigenvalue weighted by atomic mass is 35.5. The van der Waals surface area contributed by atoms with E-state index in [2.05, 4.69) is 5.32 Å². The Morgan fingerprint density at radius 3 is 1.64 bits per heavy atom. The number of nitrogens with one attached hydrogen (secondary N) is 1. The Kier molecular flexibility index (Phi) is 12.7. The summed E-state index contributed by atoms with van der Waals surface area (Å²) >= 11 is 19.6. The number of halogens is 5. The average Bonchev–Trinajstić information content (AvgIpc) is 3.69. The first-order valence-electron chi connectivity index (χ1n) is 13.9. The fraction of sp³-hybridized carbons (Fsp3) is 0.0556. The van der Waals surface area contributed by atoms with Crippen LogP contribution in [-0.2, 0) is 0 Å². The van der Waals surface area contributed by atoms with Gasteiger partial charge in [0.15, 0.2) is 0 Å². The lowest BCUT2D eigenvalue weighted by molar-refractivity contribution is 0.102. The van der Waals surface area contributed by atoms with Gasteiger partial charge in [0.1, 0.15) is 11.6 Å². The molecule has 11 heteroatoms. The first kappa shape index (κ1) is 35.8. The number of amides is 1. The molecule has 6 rings (SSSR count). The number of thiophene rings is 2. The highest BCUT2D eigenvalue weighted by Gasteiger charge is 2.14. The van der Waals surface area contributed by atoms with Crippen molar-refractivity contribution in [3.63, 3.8) is 0 Å². The lowest BCUT2D eigenvalue weighted by atomic mass is 10.0. The summed E-state index contributed by atoms with van der Waals surface area (Å²) in [7, 11) is 0. The molecular weight excluding hydrogens is 701 g/mol. The second kappa shape index (κ2) is 16.7. The maximum absolute atomic E-state index is 13.4. The monoisotopic (exact) mass is 726 g/mol. The number of anilines is 2. The van der Waals surface area contributed by atoms with Crippen LogP contribution in [0.1, 0.15) is 30.5 Å². The highest BCUT2D eigenvalue weighted by molar-refractivity contribution is 7.14. The second-order valence-electron chi connectivity index (χ2n) is 9.98. The molecule has 0 fully saturated rings. The smallest absolute Gasteiger partial charge is 0.266 e. The molecule has 240 valence electrons. The Balaban J connectivity index is 0.000000178. The van der Waals surface area contributed by atoms with Crippen LogP contribution in [0.5, 0.6) is 0 Å². The third-order valence-electron chi connectivity index (χ3n) is 6.71. The maximum atomic E-state index is 13.4. The molecule has 0 spiro atoms. The van der Waals surface area contributed by atoms with Crippen molar-refractivity contribution in [1.29, 1.82) is 0 Å². The van der Waals surface area contributed by atoms with Gasteiger partial charge in [0.05, 0.1) is 19.8 Å². The van der Waals surface area contributed by atoms with Crippen molar-refractivity contribution >= 4 is 80.0 Å². The van der Waals surface area contributed by atoms with E-state index in [0.717, 1.165) is 33.4 Å². The molecule has 0 saturated carbocycles. The van der Waals surface area contributed by atoms with Crippen LogP contribution in [-0.4, -0.2) is 11.1 Å². The lowest BCUT2D eigenvalue weighted by Crippen LogP contribution is -2.12. The summed E-state index contributed by atoms with van der Waals surface area (Å²) in [6, 6.07) is 27.6. The number of rotatable bonds is 5. The summed E-state index contributed by atoms with van der Waals surface area (Å²) in [4.78, 5) is 24.2. The Bertz CT molecular complexity index is 2030. The van der Waals surface area contributed by atoms with E-state index in [0.29, 0.717) is 21.1 Å². The summed E-state index contributed by atoms with van der Waals surface area (Å²) in [6.45, 7) is 3.77. The van der Waals surface area contributed by atoms with Gasteiger partial charge in [-0.3, -0.25) is 9.59 Å². The topological polar surface area (TPSA) is 72.2 Å². The third kappa shape index (κ3) is 9.50. The van der Waals surface area contributed by atoms with Crippen molar-refractivity contribution < 1.29 is 18.4 Å². The zero-order valence-corrected chi connectivity index (χ0v) is 28.9. The van der Waals surface area contributed by atoms with Gasteiger partial charge in [-0.1, -0.05) is 71.7 Å². The maximum Gasteiger partial charge on any atom is 0.266 e. The Labute approximate surface area is 294 Å². The van der Waals surface area contributed by atoms with Crippen LogP contribution in [0.4, 0.5) is 20.2 Å². The van der Waals surface area contributed by atoms with Crippen molar-refractivity contribution in [2.75, 3.05) is 11.1 Å². The molecule has 6 aromatic rings. The normalized spacial score (nSPS) is 10.3. The van der Waals surface area contributed by atoms with Gasteiger partial charge in [0.25, 0.3) is 11.1 Å². The molecule has 4 nitrogen and oxygen atoms in total. The van der Waals surface area contributed by atoms with Crippen LogP contribution in [0.2, 0.25) is 10.0 Å². The summed E-state index contributed by atoms with van der Waals surface area (Å²) in [6.07, 6.45) is 0. The standard InChI is InChI=1S/C18H13ClFNOS.C12H9ClFN.C6H5ClOS/c1-11-8-9-23-17(11)18(22)21-16-5-3-2-4-13(16)12-6-7-15(20)14(19)10-12;13-10-7-8(5-6-11(10)14)9-3-1-2-4-12(9)15;1-4-2-3-9-5(4)6(7)8/h2-10H,1H3,(H,21,22);1-7H,15H2;2-3H,1H3. The van der Waals surface area contributed by atoms with Crippen molar-refractivity contribution in [2.45, 2.75) is 13.8 Å². The van der Waals surface area contributed by atoms with Gasteiger partial charge >= 0.3 is 0 Å². The summed E-state index contributed by atoms with van der Waals surface area (Å²) in [5, 5.41) is 6.46. The van der Waals surface area contributed by atoms with Crippen molar-refractivity contribution in [1.82, 2.24) is 0 Å². The Hall–Kier alpha value is -4.05. The van der Waals surface area contributed by atoms with E-state index in [1.54, 1.807) is 30.3 Å². The van der Waals surface area contributed by atoms with E-state index < -0.39 is 11.6 Å². The quantitative estimate of drug-likeness (QED) is 0.137. The van der Waals surface area contributed by atoms with Gasteiger partial charge in [-0.15, -0.1) is 22.7 Å². The Morgan fingerprint density at radius 1 is 0.681 bits per heavy atom. The molecule has 0 aliphatic carbocycles. The lowest BCUT2D eigenvalue weighted by Gasteiger charge is -2.11. The van der Waals surface area contributed by atoms with Crippen molar-refractivity contribution in [3.8, 4) is 22.3 Å². The van der Waals surface area contributed by atoms with E-state index in [4.69, 9.17) is 40.5 Å². The Morgan fingerprint density at radius 2 is 1.17 bits per heavy atom. The zero-order valence-electron chi connectivity index (χ0n) is 25.0. The molecule has 2 aromatic heterocycles. The largest absolute Gasteiger partial charge is 0.398 e. The molecule has 0 saturated heterocycles. The first-order valence-corrected chi connectivity index (χ1v) is 16.8. The molecule has 1 amide bonds. The molecule has 0 radical (unpaired) electrons. The van der Waals surface area contributed by atoms with Gasteiger partial charge in [-0.05, 0) is 107 Å². The molecule has 0 atom stereocenters. The number of hydrogen-bond acceptors (Lipinski definition) is 5. The molecule has 0 bridgehead atoms. The van der Waals surface area contributed by atoms with Crippen LogP contribution in [0, 0.1) is 25.5 Å². The number of hydrogen-bond donors (Lipinski definition) is 2. The minimum atomic E-state index is -0.467. The fourth-order valence-corrected chi connectivity index (χ4v) is 6.51. The van der Waals surface area contributed by atoms with Crippen molar-refractivity contribution in [2.24, 2.45) is 0 Å². The van der Waals surface area contributed by atoms with Crippen LogP contribution in [0.3, 0.4) is 0 Å². The minimum Gasteiger partial charge on any atom is -0.398 e. The molecule has 4 aromatic carbocycles. The highest BCUT2D eigenvalue weighted by Crippen LogP contribution is 2.32. The van der Waals surface area contributed by atoms with E-state index in [-0.39, 0.29) is 21.2 Å². The van der Waals surface area contributed by atoms with Gasteiger partial charge < -0.3 is 11.1 Å². The van der Waals surface area contributed by atoms with Crippen molar-refractivity contribution in [3.05, 3.63) is 150 Å². The third-order valence-corrected chi connectivity index (χ3v) is 9.62. The van der Waals surface area contributed by atoms with Gasteiger partial charge in [0.2, 0.25) is 0 Å². The molecule has 0 unspecified atom stereocenters. The van der Waals surface area contributed by atoms with Crippen LogP contribution >= 0.6 is 57.5 Å². The molecule has 0 aliphatic rings. The van der Waals surface area contributed by atoms with E-state index in [1.807, 2.05) is 79.2 Å². The summed E-state index contributed by atoms with van der Waals surface area (Å²) in [5.41, 5.74) is 12.2. The van der Waals surface area contributed by atoms with Crippen LogP contribution < -0.4 is 11.1 Å². The van der Waals surface area contributed by atoms with E-state index >= 15 is 0 Å². The number of carbonyl (C=O) groups excluding carboxylic acids is 2. The van der Waals surface area contributed by atoms with E-state index in [1.165, 1.54) is 34.8 Å². The number of para-hydroxylation sites is 2. The predicted molar refractivity (Wildman–Crippen MR) is 194 cm³/mol. The van der Waals surface area contributed by atoms with Crippen LogP contribution in [0.25, 0.3) is 22.3 Å². The van der Waals surface area contributed by atoms with Gasteiger partial charge in [-0.2, -0.15) is 0 Å². The minimum absolute atomic E-state index is 0.0535. The molecule has 2 heterocycles. The number of benzene rings is 4. The van der Waals surface area contributed by atoms with Gasteiger partial charge in [-0.25, -0.2) is 8.78 Å². The SMILES string of the molecule is Cc1ccsc1C(=O)Cl.Cc1ccsc1C(=O)Nc1ccccc1-c1ccc(F)c(Cl)c1.Nc1ccccc1-c1ccc(F)c(Cl)c1. The first-order chi connectivity index (χ1) is 22.5. The molecular formula is C36H27Cl3F2N2O2S2. The second-order valence-corrected chi connectivity index (χ2v) is 13.0. The van der Waals surface area contributed by atoms with Crippen LogP contribution in [0.15, 0.2) is 108 Å². The summed E-state index contributed by atoms with van der Waals surface area (Å²) < 4.78 is 26.3. The number of carbonyl (C=O) groups is 2. The number of nitrogen functional groups attached to an aromatic ring is 1. The average molecular weight is 728 g/mol. The number of aryl methyl sites for hydroxylation is 2. The van der Waals surface area contributed by atoms with E-state index in [9.17, 15) is 18.4 Å². The molecule has 47 heavy (non-hydrogen) atoms. The fourth-order valence-electron chi connectivity index (χ4n) is 4.29. The molecule has 0 aliphatic heterocycles. The number of nitrogens with two attached hydrogens (primary N) is 1. The predicted octanol–water partition coefficient (Wildman–Crippen LogP) is 11.9.